The van der Waals surface area contributed by atoms with Crippen LogP contribution in [0.25, 0.3) is 22.6 Å². The molecule has 5 rings (SSSR count). The molecule has 0 bridgehead atoms. The monoisotopic (exact) mass is 419 g/mol. The molecule has 0 radical (unpaired) electrons. The molecule has 2 N–H and O–H groups in total. The van der Waals surface area contributed by atoms with Crippen LogP contribution in [0.1, 0.15) is 30.9 Å². The summed E-state index contributed by atoms with van der Waals surface area (Å²) in [4.78, 5) is 13.8. The molecule has 0 amide bonds. The van der Waals surface area contributed by atoms with E-state index in [1.807, 2.05) is 36.4 Å². The molecular weight excluding hydrogens is 398 g/mol. The Hall–Kier alpha value is -2.96. The van der Waals surface area contributed by atoms with Gasteiger partial charge < -0.3 is 15.0 Å². The lowest BCUT2D eigenvalue weighted by molar-refractivity contribution is 0.194. The van der Waals surface area contributed by atoms with Crippen LogP contribution in [0.3, 0.4) is 0 Å². The lowest BCUT2D eigenvalue weighted by Gasteiger charge is -2.12. The fourth-order valence-corrected chi connectivity index (χ4v) is 3.78. The second kappa shape index (κ2) is 7.38. The van der Waals surface area contributed by atoms with Crippen LogP contribution in [0.2, 0.25) is 5.02 Å². The Kier molecular flexibility index (Phi) is 4.68. The maximum Gasteiger partial charge on any atom is 0.245 e. The van der Waals surface area contributed by atoms with Gasteiger partial charge in [-0.15, -0.1) is 0 Å². The molecule has 30 heavy (non-hydrogen) atoms. The number of hydrogen-bond donors (Lipinski definition) is 1. The number of rotatable bonds is 6. The Labute approximate surface area is 179 Å². The first-order chi connectivity index (χ1) is 14.6. The molecule has 6 nitrogen and oxygen atoms in total. The molecule has 0 atom stereocenters. The van der Waals surface area contributed by atoms with E-state index in [4.69, 9.17) is 27.1 Å². The van der Waals surface area contributed by atoms with E-state index in [0.717, 1.165) is 41.0 Å². The molecule has 1 aliphatic carbocycles. The molecule has 4 aromatic rings. The van der Waals surface area contributed by atoms with Crippen molar-refractivity contribution in [1.82, 2.24) is 19.5 Å². The quantitative estimate of drug-likeness (QED) is 0.494. The lowest BCUT2D eigenvalue weighted by Crippen LogP contribution is -2.13. The summed E-state index contributed by atoms with van der Waals surface area (Å²) in [5.41, 5.74) is 9.92. The van der Waals surface area contributed by atoms with Crippen molar-refractivity contribution in [2.24, 2.45) is 5.73 Å². The minimum Gasteiger partial charge on any atom is -0.470 e. The molecule has 0 aliphatic heterocycles. The van der Waals surface area contributed by atoms with Crippen molar-refractivity contribution >= 4 is 22.8 Å². The second-order valence-electron chi connectivity index (χ2n) is 7.93. The van der Waals surface area contributed by atoms with Gasteiger partial charge in [-0.3, -0.25) is 0 Å². The Bertz CT molecular complexity index is 1220. The van der Waals surface area contributed by atoms with E-state index in [9.17, 15) is 0 Å². The van der Waals surface area contributed by atoms with Crippen molar-refractivity contribution in [3.8, 4) is 17.3 Å². The predicted octanol–water partition coefficient (Wildman–Crippen LogP) is 4.59. The zero-order valence-corrected chi connectivity index (χ0v) is 17.4. The first-order valence-corrected chi connectivity index (χ1v) is 10.4. The van der Waals surface area contributed by atoms with E-state index in [0.29, 0.717) is 29.5 Å². The highest BCUT2D eigenvalue weighted by Crippen LogP contribution is 2.41. The maximum absolute atomic E-state index is 6.63. The molecule has 0 saturated heterocycles. The molecule has 2 aromatic carbocycles. The highest BCUT2D eigenvalue weighted by Gasteiger charge is 2.41. The standard InChI is InChI=1S/C23H22ClN5O/c1-23(9-10-23)30-22-19-21(26-14-27-22)29(13-15-5-3-2-4-6-15)20(28-19)17-8-7-16(12-25)11-18(17)24/h2-8,11,14H,9-10,12-13,25H2,1H3. The van der Waals surface area contributed by atoms with E-state index < -0.39 is 0 Å². The number of nitrogens with zero attached hydrogens (tertiary/aromatic N) is 4. The third-order valence-electron chi connectivity index (χ3n) is 5.49. The molecule has 0 unspecified atom stereocenters. The Morgan fingerprint density at radius 1 is 1.10 bits per heavy atom. The molecule has 7 heteroatoms. The summed E-state index contributed by atoms with van der Waals surface area (Å²) in [6.45, 7) is 3.13. The number of benzene rings is 2. The fourth-order valence-electron chi connectivity index (χ4n) is 3.49. The van der Waals surface area contributed by atoms with E-state index in [1.165, 1.54) is 6.33 Å². The highest BCUT2D eigenvalue weighted by molar-refractivity contribution is 6.33. The van der Waals surface area contributed by atoms with Crippen LogP contribution in [0.4, 0.5) is 0 Å². The van der Waals surface area contributed by atoms with Crippen LogP contribution in [0, 0.1) is 0 Å². The largest absolute Gasteiger partial charge is 0.470 e. The maximum atomic E-state index is 6.63. The minimum absolute atomic E-state index is 0.162. The lowest BCUT2D eigenvalue weighted by atomic mass is 10.1. The van der Waals surface area contributed by atoms with Crippen LogP contribution in [-0.2, 0) is 13.1 Å². The number of nitrogens with two attached hydrogens (primary N) is 1. The SMILES string of the molecule is CC1(Oc2ncnc3c2nc(-c2ccc(CN)cc2Cl)n3Cc2ccccc2)CC1. The number of imidazole rings is 1. The van der Waals surface area contributed by atoms with Gasteiger partial charge in [-0.05, 0) is 43.0 Å². The van der Waals surface area contributed by atoms with E-state index in [-0.39, 0.29) is 5.60 Å². The van der Waals surface area contributed by atoms with Crippen molar-refractivity contribution in [2.75, 3.05) is 0 Å². The zero-order chi connectivity index (χ0) is 20.7. The molecular formula is C23H22ClN5O. The van der Waals surface area contributed by atoms with Gasteiger partial charge in [0.15, 0.2) is 11.2 Å². The summed E-state index contributed by atoms with van der Waals surface area (Å²) in [7, 11) is 0. The molecule has 1 fully saturated rings. The second-order valence-corrected chi connectivity index (χ2v) is 8.34. The summed E-state index contributed by atoms with van der Waals surface area (Å²) < 4.78 is 8.24. The van der Waals surface area contributed by atoms with E-state index in [2.05, 4.69) is 33.6 Å². The summed E-state index contributed by atoms with van der Waals surface area (Å²) in [5, 5.41) is 0.604. The number of fused-ring (bicyclic) bond motifs is 1. The van der Waals surface area contributed by atoms with Gasteiger partial charge in [-0.1, -0.05) is 48.0 Å². The topological polar surface area (TPSA) is 78.8 Å². The summed E-state index contributed by atoms with van der Waals surface area (Å²) in [6.07, 6.45) is 3.57. The summed E-state index contributed by atoms with van der Waals surface area (Å²) in [5.74, 6) is 1.25. The van der Waals surface area contributed by atoms with Gasteiger partial charge in [0.05, 0.1) is 11.6 Å². The number of hydrogen-bond acceptors (Lipinski definition) is 5. The van der Waals surface area contributed by atoms with Crippen LogP contribution in [0.15, 0.2) is 54.9 Å². The molecule has 1 saturated carbocycles. The highest BCUT2D eigenvalue weighted by atomic mass is 35.5. The van der Waals surface area contributed by atoms with Crippen LogP contribution in [0.5, 0.6) is 5.88 Å². The zero-order valence-electron chi connectivity index (χ0n) is 16.7. The van der Waals surface area contributed by atoms with Gasteiger partial charge in [0.25, 0.3) is 0 Å². The average Bonchev–Trinajstić information content (AvgIpc) is 3.37. The van der Waals surface area contributed by atoms with Crippen molar-refractivity contribution in [3.05, 3.63) is 71.0 Å². The van der Waals surface area contributed by atoms with Gasteiger partial charge in [-0.2, -0.15) is 4.98 Å². The Morgan fingerprint density at radius 3 is 2.60 bits per heavy atom. The minimum atomic E-state index is -0.162. The summed E-state index contributed by atoms with van der Waals surface area (Å²) in [6, 6.07) is 16.0. The van der Waals surface area contributed by atoms with Gasteiger partial charge in [0, 0.05) is 12.1 Å². The van der Waals surface area contributed by atoms with Gasteiger partial charge in [-0.25, -0.2) is 9.97 Å². The van der Waals surface area contributed by atoms with Crippen molar-refractivity contribution in [1.29, 1.82) is 0 Å². The van der Waals surface area contributed by atoms with E-state index in [1.54, 1.807) is 0 Å². The Morgan fingerprint density at radius 2 is 1.90 bits per heavy atom. The van der Waals surface area contributed by atoms with E-state index >= 15 is 0 Å². The Balaban J connectivity index is 1.69. The van der Waals surface area contributed by atoms with Crippen LogP contribution < -0.4 is 10.5 Å². The third-order valence-corrected chi connectivity index (χ3v) is 5.80. The van der Waals surface area contributed by atoms with Gasteiger partial charge >= 0.3 is 0 Å². The first kappa shape index (κ1) is 19.0. The molecule has 152 valence electrons. The van der Waals surface area contributed by atoms with Crippen LogP contribution >= 0.6 is 11.6 Å². The van der Waals surface area contributed by atoms with Crippen molar-refractivity contribution < 1.29 is 4.74 Å². The smallest absolute Gasteiger partial charge is 0.245 e. The molecule has 0 spiro atoms. The molecule has 2 heterocycles. The van der Waals surface area contributed by atoms with Gasteiger partial charge in [0.1, 0.15) is 17.8 Å². The third kappa shape index (κ3) is 3.53. The average molecular weight is 420 g/mol. The van der Waals surface area contributed by atoms with Crippen LogP contribution in [-0.4, -0.2) is 25.1 Å². The number of aromatic nitrogens is 4. The molecule has 2 aromatic heterocycles. The number of ether oxygens (including phenoxy) is 1. The van der Waals surface area contributed by atoms with Crippen molar-refractivity contribution in [3.63, 3.8) is 0 Å². The number of halogens is 1. The summed E-state index contributed by atoms with van der Waals surface area (Å²) >= 11 is 6.63. The predicted molar refractivity (Wildman–Crippen MR) is 117 cm³/mol. The fraction of sp³-hybridized carbons (Fsp3) is 0.261. The van der Waals surface area contributed by atoms with Crippen molar-refractivity contribution in [2.45, 2.75) is 38.5 Å². The van der Waals surface area contributed by atoms with Gasteiger partial charge in [0.2, 0.25) is 5.88 Å². The normalized spacial score (nSPS) is 14.8. The first-order valence-electron chi connectivity index (χ1n) is 9.99. The molecule has 1 aliphatic rings.